The van der Waals surface area contributed by atoms with Crippen LogP contribution in [0.4, 0.5) is 4.39 Å². The molecule has 1 saturated heterocycles. The molecule has 0 aromatic heterocycles. The molecule has 1 amide bonds. The molecule has 1 fully saturated rings. The summed E-state index contributed by atoms with van der Waals surface area (Å²) in [7, 11) is 1.70. The average Bonchev–Trinajstić information content (AvgIpc) is 2.18. The Hall–Kier alpha value is -0.840. The summed E-state index contributed by atoms with van der Waals surface area (Å²) in [5.74, 6) is -0.802. The quantitative estimate of drug-likeness (QED) is 0.897. The maximum Gasteiger partial charge on any atom is 0.255 e. The summed E-state index contributed by atoms with van der Waals surface area (Å²) in [6, 6.07) is 4.44. The molecular formula is C11H13Cl2FN2O. The average molecular weight is 279 g/mol. The molecule has 1 aliphatic rings. The highest BCUT2D eigenvalue weighted by Crippen LogP contribution is 2.21. The SMILES string of the molecule is CN(C(=O)c1cccc(F)c1Cl)C1CNC1.Cl. The van der Waals surface area contributed by atoms with Gasteiger partial charge in [0.25, 0.3) is 5.91 Å². The van der Waals surface area contributed by atoms with Crippen LogP contribution < -0.4 is 5.32 Å². The molecule has 94 valence electrons. The van der Waals surface area contributed by atoms with Crippen molar-refractivity contribution in [3.8, 4) is 0 Å². The van der Waals surface area contributed by atoms with Crippen molar-refractivity contribution in [2.45, 2.75) is 6.04 Å². The van der Waals surface area contributed by atoms with Crippen LogP contribution in [0.5, 0.6) is 0 Å². The number of nitrogens with one attached hydrogen (secondary N) is 1. The van der Waals surface area contributed by atoms with Crippen molar-refractivity contribution in [3.63, 3.8) is 0 Å². The lowest BCUT2D eigenvalue weighted by Gasteiger charge is -2.35. The predicted octanol–water partition coefficient (Wildman–Crippen LogP) is 1.94. The minimum absolute atomic E-state index is 0. The first-order chi connectivity index (χ1) is 7.61. The van der Waals surface area contributed by atoms with Gasteiger partial charge in [-0.1, -0.05) is 17.7 Å². The Morgan fingerprint density at radius 1 is 1.53 bits per heavy atom. The van der Waals surface area contributed by atoms with Gasteiger partial charge in [-0.25, -0.2) is 4.39 Å². The number of carbonyl (C=O) groups is 1. The van der Waals surface area contributed by atoms with Gasteiger partial charge in [0, 0.05) is 20.1 Å². The first kappa shape index (κ1) is 14.2. The van der Waals surface area contributed by atoms with Crippen LogP contribution in [0.1, 0.15) is 10.4 Å². The molecule has 0 bridgehead atoms. The second kappa shape index (κ2) is 5.67. The van der Waals surface area contributed by atoms with Crippen molar-refractivity contribution in [1.82, 2.24) is 10.2 Å². The Kier molecular flexibility index (Phi) is 4.74. The number of carbonyl (C=O) groups excluding carboxylic acids is 1. The number of amides is 1. The number of hydrogen-bond acceptors (Lipinski definition) is 2. The third kappa shape index (κ3) is 2.70. The molecule has 0 aliphatic carbocycles. The van der Waals surface area contributed by atoms with Gasteiger partial charge < -0.3 is 10.2 Å². The van der Waals surface area contributed by atoms with Crippen molar-refractivity contribution >= 4 is 29.9 Å². The Morgan fingerprint density at radius 3 is 2.71 bits per heavy atom. The normalized spacial score (nSPS) is 14.8. The van der Waals surface area contributed by atoms with E-state index >= 15 is 0 Å². The number of halogens is 3. The van der Waals surface area contributed by atoms with Crippen LogP contribution in [-0.4, -0.2) is 37.0 Å². The highest BCUT2D eigenvalue weighted by Gasteiger charge is 2.27. The standard InChI is InChI=1S/C11H12ClFN2O.ClH/c1-15(7-5-14-6-7)11(16)8-3-2-4-9(13)10(8)12;/h2-4,7,14H,5-6H2,1H3;1H. The predicted molar refractivity (Wildman–Crippen MR) is 67.4 cm³/mol. The fourth-order valence-corrected chi connectivity index (χ4v) is 1.78. The number of nitrogens with zero attached hydrogens (tertiary/aromatic N) is 1. The van der Waals surface area contributed by atoms with Gasteiger partial charge in [-0.15, -0.1) is 12.4 Å². The molecular weight excluding hydrogens is 266 g/mol. The molecule has 3 nitrogen and oxygen atoms in total. The van der Waals surface area contributed by atoms with E-state index < -0.39 is 5.82 Å². The van der Waals surface area contributed by atoms with Crippen molar-refractivity contribution in [2.75, 3.05) is 20.1 Å². The van der Waals surface area contributed by atoms with Gasteiger partial charge in [-0.2, -0.15) is 0 Å². The summed E-state index contributed by atoms with van der Waals surface area (Å²) < 4.78 is 13.2. The third-order valence-electron chi connectivity index (χ3n) is 2.81. The second-order valence-corrected chi connectivity index (χ2v) is 4.21. The molecule has 6 heteroatoms. The fourth-order valence-electron chi connectivity index (χ4n) is 1.57. The number of hydrogen-bond donors (Lipinski definition) is 1. The molecule has 0 unspecified atom stereocenters. The van der Waals surface area contributed by atoms with E-state index in [2.05, 4.69) is 5.32 Å². The van der Waals surface area contributed by atoms with Gasteiger partial charge in [-0.05, 0) is 12.1 Å². The lowest BCUT2D eigenvalue weighted by molar-refractivity contribution is 0.0681. The van der Waals surface area contributed by atoms with Crippen molar-refractivity contribution < 1.29 is 9.18 Å². The summed E-state index contributed by atoms with van der Waals surface area (Å²) in [6.45, 7) is 1.55. The summed E-state index contributed by atoms with van der Waals surface area (Å²) in [4.78, 5) is 13.6. The molecule has 1 N–H and O–H groups in total. The van der Waals surface area contributed by atoms with Gasteiger partial charge in [0.1, 0.15) is 5.82 Å². The summed E-state index contributed by atoms with van der Waals surface area (Å²) in [5, 5.41) is 2.97. The molecule has 0 radical (unpaired) electrons. The van der Waals surface area contributed by atoms with Crippen LogP contribution >= 0.6 is 24.0 Å². The Labute approximate surface area is 110 Å². The smallest absolute Gasteiger partial charge is 0.255 e. The maximum absolute atomic E-state index is 13.2. The topological polar surface area (TPSA) is 32.3 Å². The highest BCUT2D eigenvalue weighted by molar-refractivity contribution is 6.34. The molecule has 0 atom stereocenters. The lowest BCUT2D eigenvalue weighted by Crippen LogP contribution is -2.57. The van der Waals surface area contributed by atoms with Gasteiger partial charge in [-0.3, -0.25) is 4.79 Å². The minimum Gasteiger partial charge on any atom is -0.336 e. The molecule has 0 spiro atoms. The fraction of sp³-hybridized carbons (Fsp3) is 0.364. The molecule has 1 aromatic carbocycles. The van der Waals surface area contributed by atoms with Crippen LogP contribution in [0.25, 0.3) is 0 Å². The maximum atomic E-state index is 13.2. The zero-order chi connectivity index (χ0) is 11.7. The van der Waals surface area contributed by atoms with Crippen LogP contribution in [0, 0.1) is 5.82 Å². The van der Waals surface area contributed by atoms with Crippen molar-refractivity contribution in [1.29, 1.82) is 0 Å². The number of rotatable bonds is 2. The van der Waals surface area contributed by atoms with Crippen molar-refractivity contribution in [3.05, 3.63) is 34.6 Å². The van der Waals surface area contributed by atoms with E-state index in [9.17, 15) is 9.18 Å². The zero-order valence-electron chi connectivity index (χ0n) is 9.24. The van der Waals surface area contributed by atoms with E-state index in [1.165, 1.54) is 18.2 Å². The lowest BCUT2D eigenvalue weighted by atomic mass is 10.1. The monoisotopic (exact) mass is 278 g/mol. The first-order valence-corrected chi connectivity index (χ1v) is 5.41. The molecule has 1 aromatic rings. The van der Waals surface area contributed by atoms with E-state index in [4.69, 9.17) is 11.6 Å². The molecule has 0 saturated carbocycles. The highest BCUT2D eigenvalue weighted by atomic mass is 35.5. The number of benzene rings is 1. The van der Waals surface area contributed by atoms with Crippen LogP contribution in [0.3, 0.4) is 0 Å². The van der Waals surface area contributed by atoms with E-state index in [-0.39, 0.29) is 34.9 Å². The Morgan fingerprint density at radius 2 is 2.18 bits per heavy atom. The van der Waals surface area contributed by atoms with Gasteiger partial charge in [0.2, 0.25) is 0 Å². The molecule has 1 aliphatic heterocycles. The zero-order valence-corrected chi connectivity index (χ0v) is 10.8. The van der Waals surface area contributed by atoms with Crippen LogP contribution in [0.15, 0.2) is 18.2 Å². The molecule has 2 rings (SSSR count). The number of likely N-dealkylation sites (N-methyl/N-ethyl adjacent to an activating group) is 1. The van der Waals surface area contributed by atoms with E-state index in [0.29, 0.717) is 0 Å². The first-order valence-electron chi connectivity index (χ1n) is 5.03. The largest absolute Gasteiger partial charge is 0.336 e. The van der Waals surface area contributed by atoms with E-state index in [1.54, 1.807) is 11.9 Å². The minimum atomic E-state index is -0.562. The van der Waals surface area contributed by atoms with Crippen LogP contribution in [0.2, 0.25) is 5.02 Å². The molecule has 17 heavy (non-hydrogen) atoms. The third-order valence-corrected chi connectivity index (χ3v) is 3.19. The summed E-state index contributed by atoms with van der Waals surface area (Å²) in [6.07, 6.45) is 0. The Balaban J connectivity index is 0.00000144. The van der Waals surface area contributed by atoms with Gasteiger partial charge >= 0.3 is 0 Å². The molecule has 1 heterocycles. The second-order valence-electron chi connectivity index (χ2n) is 3.83. The summed E-state index contributed by atoms with van der Waals surface area (Å²) in [5.41, 5.74) is 0.219. The van der Waals surface area contributed by atoms with Crippen molar-refractivity contribution in [2.24, 2.45) is 0 Å². The summed E-state index contributed by atoms with van der Waals surface area (Å²) >= 11 is 5.76. The van der Waals surface area contributed by atoms with E-state index in [1.807, 2.05) is 0 Å². The van der Waals surface area contributed by atoms with E-state index in [0.717, 1.165) is 13.1 Å². The Bertz CT molecular complexity index is 424. The van der Waals surface area contributed by atoms with Gasteiger partial charge in [0.05, 0.1) is 16.6 Å². The van der Waals surface area contributed by atoms with Gasteiger partial charge in [0.15, 0.2) is 0 Å². The van der Waals surface area contributed by atoms with Crippen LogP contribution in [-0.2, 0) is 0 Å².